The number of alkyl carbamates (subject to hydrolysis) is 1. The highest BCUT2D eigenvalue weighted by Crippen LogP contribution is 2.37. The van der Waals surface area contributed by atoms with E-state index >= 15 is 0 Å². The second-order valence-electron chi connectivity index (χ2n) is 16.1. The summed E-state index contributed by atoms with van der Waals surface area (Å²) in [7, 11) is 1.28. The normalized spacial score (nSPS) is 17.8. The molecule has 59 heavy (non-hydrogen) atoms. The Morgan fingerprint density at radius 1 is 0.695 bits per heavy atom. The van der Waals surface area contributed by atoms with Crippen molar-refractivity contribution in [2.24, 2.45) is 11.8 Å². The van der Waals surface area contributed by atoms with Crippen molar-refractivity contribution in [3.8, 4) is 33.6 Å². The molecule has 14 nitrogen and oxygen atoms in total. The van der Waals surface area contributed by atoms with Gasteiger partial charge >= 0.3 is 12.2 Å². The van der Waals surface area contributed by atoms with Crippen LogP contribution in [-0.4, -0.2) is 91.1 Å². The average molecular weight is 799 g/mol. The lowest BCUT2D eigenvalue weighted by Gasteiger charge is -2.29. The number of fused-ring (bicyclic) bond motifs is 1. The van der Waals surface area contributed by atoms with Gasteiger partial charge in [0.2, 0.25) is 11.8 Å². The number of rotatable bonds is 11. The monoisotopic (exact) mass is 798 g/mol. The second kappa shape index (κ2) is 16.6. The minimum Gasteiger partial charge on any atom is -0.465 e. The van der Waals surface area contributed by atoms with Gasteiger partial charge in [0.05, 0.1) is 43.0 Å². The predicted molar refractivity (Wildman–Crippen MR) is 225 cm³/mol. The molecule has 5 N–H and O–H groups in total. The molecule has 2 aromatic heterocycles. The minimum absolute atomic E-state index is 0.148. The summed E-state index contributed by atoms with van der Waals surface area (Å²) in [6.45, 7) is 16.4. The van der Waals surface area contributed by atoms with E-state index in [4.69, 9.17) is 4.74 Å². The van der Waals surface area contributed by atoms with E-state index in [1.54, 1.807) is 22.2 Å². The molecular weight excluding hydrogens is 749 g/mol. The van der Waals surface area contributed by atoms with Crippen LogP contribution in [0.3, 0.4) is 0 Å². The highest BCUT2D eigenvalue weighted by Gasteiger charge is 2.40. The number of aromatic nitrogens is 4. The lowest BCUT2D eigenvalue weighted by Crippen LogP contribution is -2.51. The van der Waals surface area contributed by atoms with E-state index in [2.05, 4.69) is 86.2 Å². The molecule has 4 atom stereocenters. The van der Waals surface area contributed by atoms with Crippen molar-refractivity contribution in [3.63, 3.8) is 0 Å². The molecule has 0 saturated carbocycles. The quantitative estimate of drug-likeness (QED) is 0.0845. The van der Waals surface area contributed by atoms with Gasteiger partial charge in [0, 0.05) is 18.7 Å². The first-order valence-electron chi connectivity index (χ1n) is 19.7. The molecule has 5 aromatic rings. The number of carboxylic acid groups (broad SMARTS) is 1. The van der Waals surface area contributed by atoms with E-state index in [1.807, 2.05) is 45.9 Å². The van der Waals surface area contributed by atoms with Crippen LogP contribution >= 0.6 is 0 Å². The van der Waals surface area contributed by atoms with Gasteiger partial charge in [-0.25, -0.2) is 19.6 Å². The zero-order valence-corrected chi connectivity index (χ0v) is 33.9. The second-order valence-corrected chi connectivity index (χ2v) is 16.1. The molecule has 7 rings (SSSR count). The predicted octanol–water partition coefficient (Wildman–Crippen LogP) is 7.62. The zero-order valence-electron chi connectivity index (χ0n) is 33.9. The number of benzene rings is 3. The number of carbonyl (C=O) groups is 4. The fourth-order valence-corrected chi connectivity index (χ4v) is 7.99. The van der Waals surface area contributed by atoms with E-state index in [0.717, 1.165) is 55.6 Å². The number of hydrogen-bond donors (Lipinski definition) is 5. The molecule has 14 heteroatoms. The molecule has 2 fully saturated rings. The highest BCUT2D eigenvalue weighted by atomic mass is 16.5. The Morgan fingerprint density at radius 2 is 1.14 bits per heavy atom. The number of ether oxygens (including phenoxy) is 1. The van der Waals surface area contributed by atoms with Gasteiger partial charge in [-0.1, -0.05) is 101 Å². The fourth-order valence-electron chi connectivity index (χ4n) is 7.99. The molecule has 0 bridgehead atoms. The van der Waals surface area contributed by atoms with Crippen molar-refractivity contribution in [2.75, 3.05) is 20.2 Å². The Bertz CT molecular complexity index is 2430. The molecular formula is C45H50N8O6. The minimum atomic E-state index is -1.24. The molecule has 4 heterocycles. The molecule has 0 radical (unpaired) electrons. The van der Waals surface area contributed by atoms with Crippen LogP contribution in [0.2, 0.25) is 0 Å². The van der Waals surface area contributed by atoms with E-state index in [0.29, 0.717) is 37.6 Å². The van der Waals surface area contributed by atoms with Crippen LogP contribution in [0.5, 0.6) is 0 Å². The van der Waals surface area contributed by atoms with Crippen LogP contribution < -0.4 is 10.6 Å². The number of hydrogen-bond acceptors (Lipinski definition) is 7. The summed E-state index contributed by atoms with van der Waals surface area (Å²) in [5.74, 6) is 0.404. The third-order valence-corrected chi connectivity index (χ3v) is 11.2. The van der Waals surface area contributed by atoms with Crippen molar-refractivity contribution in [2.45, 2.75) is 64.7 Å². The van der Waals surface area contributed by atoms with Crippen LogP contribution in [0.15, 0.2) is 97.4 Å². The maximum absolute atomic E-state index is 13.7. The molecule has 2 saturated heterocycles. The molecule has 2 aliphatic heterocycles. The van der Waals surface area contributed by atoms with Crippen molar-refractivity contribution in [1.82, 2.24) is 40.4 Å². The number of aromatic amines is 2. The molecule has 4 amide bonds. The van der Waals surface area contributed by atoms with Gasteiger partial charge < -0.3 is 40.2 Å². The van der Waals surface area contributed by atoms with Gasteiger partial charge in [0.15, 0.2) is 0 Å². The SMILES string of the molecule is C=C1C[C@@H](c2ncc(-c3ccc4cc(-c5ccc(-c6cnc([C@@H]7CC(=C)CN7C(=O)C(NC(=O)OC)C(C)C)[nH]6)cc5)ccc4c3)[nH]2)N(C(=O)C(NC(=O)O)C(C)C)C1. The number of methoxy groups -OCH3 is 1. The summed E-state index contributed by atoms with van der Waals surface area (Å²) < 4.78 is 4.76. The number of amides is 4. The van der Waals surface area contributed by atoms with Crippen LogP contribution in [0.25, 0.3) is 44.4 Å². The number of imidazole rings is 2. The van der Waals surface area contributed by atoms with Gasteiger partial charge in [0.1, 0.15) is 23.7 Å². The Hall–Kier alpha value is -6.70. The maximum Gasteiger partial charge on any atom is 0.407 e. The van der Waals surface area contributed by atoms with Gasteiger partial charge in [-0.05, 0) is 64.3 Å². The van der Waals surface area contributed by atoms with E-state index < -0.39 is 24.3 Å². The number of likely N-dealkylation sites (tertiary alicyclic amines) is 2. The van der Waals surface area contributed by atoms with Gasteiger partial charge in [-0.15, -0.1) is 0 Å². The molecule has 2 aliphatic rings. The third kappa shape index (κ3) is 8.47. The van der Waals surface area contributed by atoms with Gasteiger partial charge in [-0.3, -0.25) is 9.59 Å². The van der Waals surface area contributed by atoms with E-state index in [-0.39, 0.29) is 35.7 Å². The lowest BCUT2D eigenvalue weighted by molar-refractivity contribution is -0.136. The highest BCUT2D eigenvalue weighted by molar-refractivity contribution is 5.91. The van der Waals surface area contributed by atoms with Crippen molar-refractivity contribution >= 4 is 34.8 Å². The van der Waals surface area contributed by atoms with Crippen molar-refractivity contribution in [3.05, 3.63) is 109 Å². The standard InChI is InChI=1S/C45H50N8O6/c1-24(2)38(50-44(56)57)42(54)52-22-26(5)17-37(52)41-47-21-35(49-41)33-15-14-31-18-30(12-13-32(31)19-33)28-8-10-29(11-9-28)34-20-46-40(48-34)36-16-27(6)23-53(36)43(55)39(25(3)4)51-45(58)59-7/h8-15,18-21,24-25,36-39,50H,5-6,16-17,22-23H2,1-4,7H3,(H,46,48)(H,47,49)(H,51,58)(H,56,57)/t36-,37-,38?,39?/m0/s1. The zero-order chi connectivity index (χ0) is 42.1. The summed E-state index contributed by atoms with van der Waals surface area (Å²) in [6.07, 6.45) is 2.76. The summed E-state index contributed by atoms with van der Waals surface area (Å²) >= 11 is 0. The summed E-state index contributed by atoms with van der Waals surface area (Å²) in [4.78, 5) is 70.2. The first-order chi connectivity index (χ1) is 28.2. The number of nitrogens with one attached hydrogen (secondary N) is 4. The third-order valence-electron chi connectivity index (χ3n) is 11.2. The Balaban J connectivity index is 1.05. The van der Waals surface area contributed by atoms with Crippen LogP contribution in [0, 0.1) is 11.8 Å². The van der Waals surface area contributed by atoms with Crippen LogP contribution in [0.4, 0.5) is 9.59 Å². The van der Waals surface area contributed by atoms with Crippen molar-refractivity contribution in [1.29, 1.82) is 0 Å². The van der Waals surface area contributed by atoms with Crippen molar-refractivity contribution < 1.29 is 29.0 Å². The molecule has 2 unspecified atom stereocenters. The number of nitrogens with zero attached hydrogens (tertiary/aromatic N) is 4. The van der Waals surface area contributed by atoms with Gasteiger partial charge in [-0.2, -0.15) is 0 Å². The summed E-state index contributed by atoms with van der Waals surface area (Å²) in [5.41, 5.74) is 7.44. The molecule has 3 aromatic carbocycles. The summed E-state index contributed by atoms with van der Waals surface area (Å²) in [5, 5.41) is 16.5. The van der Waals surface area contributed by atoms with Gasteiger partial charge in [0.25, 0.3) is 0 Å². The first-order valence-corrected chi connectivity index (χ1v) is 19.7. The first kappa shape index (κ1) is 40.5. The number of H-pyrrole nitrogens is 2. The number of carbonyl (C=O) groups excluding carboxylic acids is 3. The average Bonchev–Trinajstić information content (AvgIpc) is 4.04. The Kier molecular flexibility index (Phi) is 11.4. The van der Waals surface area contributed by atoms with E-state index in [1.165, 1.54) is 7.11 Å². The maximum atomic E-state index is 13.7. The van der Waals surface area contributed by atoms with Crippen LogP contribution in [0.1, 0.15) is 64.3 Å². The smallest absolute Gasteiger partial charge is 0.407 e. The topological polar surface area (TPSA) is 186 Å². The lowest BCUT2D eigenvalue weighted by atomic mass is 9.98. The molecule has 0 aliphatic carbocycles. The Morgan fingerprint density at radius 3 is 1.63 bits per heavy atom. The fraction of sp³-hybridized carbons (Fsp3) is 0.333. The largest absolute Gasteiger partial charge is 0.465 e. The van der Waals surface area contributed by atoms with E-state index in [9.17, 15) is 24.3 Å². The summed E-state index contributed by atoms with van der Waals surface area (Å²) in [6, 6.07) is 18.5. The molecule has 0 spiro atoms. The Labute approximate surface area is 342 Å². The van der Waals surface area contributed by atoms with Crippen LogP contribution in [-0.2, 0) is 14.3 Å². The molecule has 306 valence electrons.